The van der Waals surface area contributed by atoms with Crippen LogP contribution in [0.25, 0.3) is 0 Å². The highest BCUT2D eigenvalue weighted by atomic mass is 32.2. The van der Waals surface area contributed by atoms with Gasteiger partial charge in [-0.15, -0.1) is 0 Å². The lowest BCUT2D eigenvalue weighted by Gasteiger charge is -2.18. The third-order valence-corrected chi connectivity index (χ3v) is 5.28. The minimum Gasteiger partial charge on any atom is -0.340 e. The first-order chi connectivity index (χ1) is 11.3. The molecule has 0 saturated carbocycles. The topological polar surface area (TPSA) is 66.5 Å². The first kappa shape index (κ1) is 18.2. The van der Waals surface area contributed by atoms with Gasteiger partial charge in [-0.25, -0.2) is 13.1 Å². The molecule has 128 valence electrons. The van der Waals surface area contributed by atoms with Gasteiger partial charge in [-0.05, 0) is 36.6 Å². The monoisotopic (exact) mass is 346 g/mol. The molecular formula is C18H22N2O3S. The fraction of sp³-hybridized carbons (Fsp3) is 0.278. The van der Waals surface area contributed by atoms with Crippen LogP contribution in [-0.2, 0) is 21.4 Å². The predicted octanol–water partition coefficient (Wildman–Crippen LogP) is 2.24. The van der Waals surface area contributed by atoms with Crippen LogP contribution in [0.5, 0.6) is 0 Å². The Labute approximate surface area is 143 Å². The van der Waals surface area contributed by atoms with Crippen molar-refractivity contribution >= 4 is 15.9 Å². The molecule has 2 rings (SSSR count). The zero-order chi connectivity index (χ0) is 17.7. The summed E-state index contributed by atoms with van der Waals surface area (Å²) in [6, 6.07) is 14.8. The van der Waals surface area contributed by atoms with Crippen LogP contribution in [-0.4, -0.2) is 32.8 Å². The third kappa shape index (κ3) is 4.66. The molecule has 6 heteroatoms. The van der Waals surface area contributed by atoms with Gasteiger partial charge in [0.1, 0.15) is 0 Å². The van der Waals surface area contributed by atoms with E-state index in [0.29, 0.717) is 12.1 Å². The molecule has 0 saturated heterocycles. The maximum Gasteiger partial charge on any atom is 0.241 e. The fourth-order valence-corrected chi connectivity index (χ4v) is 3.61. The number of hydrogen-bond acceptors (Lipinski definition) is 3. The van der Waals surface area contributed by atoms with Crippen molar-refractivity contribution in [1.82, 2.24) is 9.62 Å². The number of rotatable bonds is 6. The predicted molar refractivity (Wildman–Crippen MR) is 94.0 cm³/mol. The average molecular weight is 346 g/mol. The van der Waals surface area contributed by atoms with Crippen LogP contribution >= 0.6 is 0 Å². The van der Waals surface area contributed by atoms with Crippen molar-refractivity contribution in [2.75, 3.05) is 13.6 Å². The van der Waals surface area contributed by atoms with E-state index in [4.69, 9.17) is 0 Å². The van der Waals surface area contributed by atoms with Crippen LogP contribution in [0.15, 0.2) is 53.4 Å². The largest absolute Gasteiger partial charge is 0.340 e. The summed E-state index contributed by atoms with van der Waals surface area (Å²) in [4.78, 5) is 13.9. The molecule has 24 heavy (non-hydrogen) atoms. The molecule has 2 aromatic rings. The van der Waals surface area contributed by atoms with Gasteiger partial charge in [0, 0.05) is 13.6 Å². The molecule has 1 N–H and O–H groups in total. The number of carbonyl (C=O) groups is 1. The van der Waals surface area contributed by atoms with Crippen molar-refractivity contribution in [3.05, 3.63) is 65.2 Å². The minimum atomic E-state index is -3.71. The maximum atomic E-state index is 12.4. The van der Waals surface area contributed by atoms with Gasteiger partial charge >= 0.3 is 0 Å². The molecule has 0 unspecified atom stereocenters. The average Bonchev–Trinajstić information content (AvgIpc) is 2.55. The van der Waals surface area contributed by atoms with E-state index < -0.39 is 10.0 Å². The van der Waals surface area contributed by atoms with Crippen LogP contribution in [0.2, 0.25) is 0 Å². The highest BCUT2D eigenvalue weighted by Crippen LogP contribution is 2.16. The number of nitrogens with zero attached hydrogens (tertiary/aromatic N) is 1. The van der Waals surface area contributed by atoms with Crippen molar-refractivity contribution in [1.29, 1.82) is 0 Å². The van der Waals surface area contributed by atoms with E-state index >= 15 is 0 Å². The second kappa shape index (κ2) is 7.59. The number of aryl methyl sites for hydroxylation is 2. The number of nitrogens with one attached hydrogen (secondary N) is 1. The van der Waals surface area contributed by atoms with Crippen LogP contribution in [0.3, 0.4) is 0 Å². The smallest absolute Gasteiger partial charge is 0.241 e. The lowest BCUT2D eigenvalue weighted by molar-refractivity contribution is -0.129. The van der Waals surface area contributed by atoms with E-state index in [9.17, 15) is 13.2 Å². The Morgan fingerprint density at radius 1 is 1.08 bits per heavy atom. The molecule has 0 heterocycles. The van der Waals surface area contributed by atoms with Crippen molar-refractivity contribution in [3.8, 4) is 0 Å². The molecule has 0 aliphatic carbocycles. The highest BCUT2D eigenvalue weighted by molar-refractivity contribution is 7.89. The van der Waals surface area contributed by atoms with Crippen LogP contribution in [0.4, 0.5) is 0 Å². The van der Waals surface area contributed by atoms with Gasteiger partial charge in [-0.2, -0.15) is 0 Å². The zero-order valence-corrected chi connectivity index (χ0v) is 14.9. The van der Waals surface area contributed by atoms with Crippen molar-refractivity contribution in [2.24, 2.45) is 0 Å². The number of sulfonamides is 1. The van der Waals surface area contributed by atoms with Gasteiger partial charge in [0.05, 0.1) is 11.4 Å². The number of carbonyl (C=O) groups excluding carboxylic acids is 1. The van der Waals surface area contributed by atoms with Gasteiger partial charge in [0.2, 0.25) is 15.9 Å². The van der Waals surface area contributed by atoms with Crippen molar-refractivity contribution in [2.45, 2.75) is 25.3 Å². The van der Waals surface area contributed by atoms with Gasteiger partial charge in [0.25, 0.3) is 0 Å². The zero-order valence-electron chi connectivity index (χ0n) is 14.1. The van der Waals surface area contributed by atoms with E-state index in [0.717, 1.165) is 11.1 Å². The Morgan fingerprint density at radius 2 is 1.75 bits per heavy atom. The Hall–Kier alpha value is -2.18. The van der Waals surface area contributed by atoms with E-state index in [2.05, 4.69) is 4.72 Å². The van der Waals surface area contributed by atoms with E-state index in [1.807, 2.05) is 43.3 Å². The summed E-state index contributed by atoms with van der Waals surface area (Å²) in [5, 5.41) is 0. The minimum absolute atomic E-state index is 0.209. The van der Waals surface area contributed by atoms with Crippen LogP contribution < -0.4 is 4.72 Å². The first-order valence-electron chi connectivity index (χ1n) is 7.64. The number of likely N-dealkylation sites (N-methyl/N-ethyl adjacent to an activating group) is 1. The quantitative estimate of drug-likeness (QED) is 0.872. The summed E-state index contributed by atoms with van der Waals surface area (Å²) < 4.78 is 27.2. The maximum absolute atomic E-state index is 12.4. The Bertz CT molecular complexity index is 817. The number of amides is 1. The van der Waals surface area contributed by atoms with E-state index in [1.165, 1.54) is 4.90 Å². The van der Waals surface area contributed by atoms with Crippen molar-refractivity contribution < 1.29 is 13.2 Å². The molecule has 0 radical (unpaired) electrons. The molecule has 1 amide bonds. The lowest BCUT2D eigenvalue weighted by atomic mass is 10.2. The molecule has 5 nitrogen and oxygen atoms in total. The third-order valence-electron chi connectivity index (χ3n) is 3.73. The molecule has 0 aromatic heterocycles. The Kier molecular flexibility index (Phi) is 5.75. The number of hydrogen-bond donors (Lipinski definition) is 1. The molecule has 0 atom stereocenters. The molecule has 0 bridgehead atoms. The van der Waals surface area contributed by atoms with Crippen LogP contribution in [0.1, 0.15) is 16.7 Å². The highest BCUT2D eigenvalue weighted by Gasteiger charge is 2.19. The summed E-state index contributed by atoms with van der Waals surface area (Å²) in [7, 11) is -2.06. The molecule has 0 aliphatic heterocycles. The van der Waals surface area contributed by atoms with E-state index in [1.54, 1.807) is 26.1 Å². The second-order valence-corrected chi connectivity index (χ2v) is 7.56. The lowest BCUT2D eigenvalue weighted by Crippen LogP contribution is -2.38. The molecule has 2 aromatic carbocycles. The summed E-state index contributed by atoms with van der Waals surface area (Å²) in [6.07, 6.45) is 0. The number of benzene rings is 2. The van der Waals surface area contributed by atoms with Gasteiger partial charge in [-0.3, -0.25) is 4.79 Å². The molecule has 0 fully saturated rings. The van der Waals surface area contributed by atoms with Crippen LogP contribution in [0, 0.1) is 13.8 Å². The standard InChI is InChI=1S/C18H22N2O3S/c1-14-9-10-15(2)17(11-14)24(22,23)19-12-18(21)20(3)13-16-7-5-4-6-8-16/h4-11,19H,12-13H2,1-3H3. The van der Waals surface area contributed by atoms with Crippen molar-refractivity contribution in [3.63, 3.8) is 0 Å². The second-order valence-electron chi connectivity index (χ2n) is 5.83. The first-order valence-corrected chi connectivity index (χ1v) is 9.13. The molecular weight excluding hydrogens is 324 g/mol. The fourth-order valence-electron chi connectivity index (χ4n) is 2.31. The molecule has 0 aliphatic rings. The normalized spacial score (nSPS) is 11.3. The summed E-state index contributed by atoms with van der Waals surface area (Å²) in [6.45, 7) is 3.73. The Morgan fingerprint density at radius 3 is 2.42 bits per heavy atom. The van der Waals surface area contributed by atoms with Gasteiger partial charge in [0.15, 0.2) is 0 Å². The SMILES string of the molecule is Cc1ccc(C)c(S(=O)(=O)NCC(=O)N(C)Cc2ccccc2)c1. The van der Waals surface area contributed by atoms with Gasteiger partial charge < -0.3 is 4.90 Å². The summed E-state index contributed by atoms with van der Waals surface area (Å²) >= 11 is 0. The van der Waals surface area contributed by atoms with Gasteiger partial charge in [-0.1, -0.05) is 42.5 Å². The summed E-state index contributed by atoms with van der Waals surface area (Å²) in [5.41, 5.74) is 2.50. The van der Waals surface area contributed by atoms with E-state index in [-0.39, 0.29) is 17.3 Å². The Balaban J connectivity index is 2.01. The summed E-state index contributed by atoms with van der Waals surface area (Å²) in [5.74, 6) is -0.285. The molecule has 0 spiro atoms.